The Hall–Kier alpha value is -2.80. The minimum Gasteiger partial charge on any atom is -0.504 e. The molecule has 0 saturated carbocycles. The van der Waals surface area contributed by atoms with E-state index >= 15 is 0 Å². The molecule has 6 nitrogen and oxygen atoms in total. The van der Waals surface area contributed by atoms with Crippen LogP contribution in [0.25, 0.3) is 0 Å². The smallest absolute Gasteiger partial charge is 0.200 e. The fourth-order valence-electron chi connectivity index (χ4n) is 1.81. The molecule has 0 radical (unpaired) electrons. The van der Waals surface area contributed by atoms with Gasteiger partial charge in [0.05, 0.1) is 13.3 Å². The highest BCUT2D eigenvalue weighted by atomic mass is 32.1. The lowest BCUT2D eigenvalue weighted by Gasteiger charge is -2.08. The predicted octanol–water partition coefficient (Wildman–Crippen LogP) is 2.74. The van der Waals surface area contributed by atoms with Crippen LogP contribution in [0.5, 0.6) is 17.2 Å². The number of aromatic hydroxyl groups is 2. The monoisotopic (exact) mass is 331 g/mol. The third kappa shape index (κ3) is 4.58. The van der Waals surface area contributed by atoms with Crippen LogP contribution >= 0.6 is 12.2 Å². The van der Waals surface area contributed by atoms with Crippen molar-refractivity contribution in [3.05, 3.63) is 47.5 Å². The number of hydrogen-bond donors (Lipinski definition) is 4. The minimum absolute atomic E-state index is 0.159. The molecular weight excluding hydrogens is 314 g/mol. The van der Waals surface area contributed by atoms with E-state index in [1.807, 2.05) is 31.2 Å². The molecule has 0 aliphatic rings. The third-order valence-electron chi connectivity index (χ3n) is 2.99. The van der Waals surface area contributed by atoms with Gasteiger partial charge in [-0.3, -0.25) is 5.43 Å². The molecule has 0 bridgehead atoms. The summed E-state index contributed by atoms with van der Waals surface area (Å²) in [5.74, 6) is -0.438. The maximum atomic E-state index is 9.59. The summed E-state index contributed by atoms with van der Waals surface area (Å²) in [7, 11) is 1.40. The lowest BCUT2D eigenvalue weighted by molar-refractivity contribution is 0.351. The van der Waals surface area contributed by atoms with Crippen molar-refractivity contribution in [2.45, 2.75) is 6.92 Å². The Bertz CT molecular complexity index is 730. The van der Waals surface area contributed by atoms with Gasteiger partial charge < -0.3 is 20.3 Å². The van der Waals surface area contributed by atoms with Crippen LogP contribution in [-0.4, -0.2) is 28.6 Å². The number of nitrogens with one attached hydrogen (secondary N) is 2. The summed E-state index contributed by atoms with van der Waals surface area (Å²) < 4.78 is 4.95. The highest BCUT2D eigenvalue weighted by Gasteiger charge is 2.08. The molecule has 2 rings (SSSR count). The molecule has 4 N–H and O–H groups in total. The van der Waals surface area contributed by atoms with Crippen LogP contribution in [0.3, 0.4) is 0 Å². The van der Waals surface area contributed by atoms with Crippen LogP contribution in [0.15, 0.2) is 41.5 Å². The lowest BCUT2D eigenvalue weighted by atomic mass is 10.2. The van der Waals surface area contributed by atoms with Crippen molar-refractivity contribution >= 4 is 29.2 Å². The SMILES string of the molecule is COc1cc(/C=N/NC(=S)Nc2ccc(C)cc2)cc(O)c1O. The average Bonchev–Trinajstić information content (AvgIpc) is 2.53. The summed E-state index contributed by atoms with van der Waals surface area (Å²) >= 11 is 5.13. The first kappa shape index (κ1) is 16.6. The molecule has 0 atom stereocenters. The van der Waals surface area contributed by atoms with E-state index in [0.717, 1.165) is 11.3 Å². The Labute approximate surface area is 139 Å². The first-order valence-electron chi connectivity index (χ1n) is 6.76. The topological polar surface area (TPSA) is 86.1 Å². The number of aryl methyl sites for hydroxylation is 1. The number of ether oxygens (including phenoxy) is 1. The second-order valence-corrected chi connectivity index (χ2v) is 5.19. The first-order chi connectivity index (χ1) is 11.0. The van der Waals surface area contributed by atoms with Crippen molar-refractivity contribution in [3.63, 3.8) is 0 Å². The molecule has 0 amide bonds. The van der Waals surface area contributed by atoms with Crippen molar-refractivity contribution in [2.75, 3.05) is 12.4 Å². The first-order valence-corrected chi connectivity index (χ1v) is 7.17. The number of phenolic OH excluding ortho intramolecular Hbond substituents is 2. The summed E-state index contributed by atoms with van der Waals surface area (Å²) in [4.78, 5) is 0. The van der Waals surface area contributed by atoms with Crippen molar-refractivity contribution in [2.24, 2.45) is 5.10 Å². The molecule has 0 unspecified atom stereocenters. The van der Waals surface area contributed by atoms with Crippen LogP contribution in [-0.2, 0) is 0 Å². The van der Waals surface area contributed by atoms with Crippen molar-refractivity contribution < 1.29 is 14.9 Å². The molecule has 0 heterocycles. The minimum atomic E-state index is -0.311. The van der Waals surface area contributed by atoms with Gasteiger partial charge in [0.15, 0.2) is 16.6 Å². The van der Waals surface area contributed by atoms with E-state index in [1.165, 1.54) is 25.5 Å². The molecular formula is C16H17N3O3S. The summed E-state index contributed by atoms with van der Waals surface area (Å²) in [6.45, 7) is 2.01. The fraction of sp³-hybridized carbons (Fsp3) is 0.125. The van der Waals surface area contributed by atoms with Crippen LogP contribution in [0, 0.1) is 6.92 Å². The molecule has 120 valence electrons. The van der Waals surface area contributed by atoms with Crippen molar-refractivity contribution in [3.8, 4) is 17.2 Å². The molecule has 0 aliphatic heterocycles. The fourth-order valence-corrected chi connectivity index (χ4v) is 1.98. The quantitative estimate of drug-likeness (QED) is 0.298. The van der Waals surface area contributed by atoms with Gasteiger partial charge in [-0.1, -0.05) is 17.7 Å². The van der Waals surface area contributed by atoms with E-state index in [1.54, 1.807) is 0 Å². The highest BCUT2D eigenvalue weighted by molar-refractivity contribution is 7.80. The Balaban J connectivity index is 1.97. The summed E-state index contributed by atoms with van der Waals surface area (Å²) in [6, 6.07) is 10.7. The number of thiocarbonyl (C=S) groups is 1. The number of hydrazone groups is 1. The zero-order chi connectivity index (χ0) is 16.8. The average molecular weight is 331 g/mol. The second-order valence-electron chi connectivity index (χ2n) is 4.78. The number of methoxy groups -OCH3 is 1. The zero-order valence-corrected chi connectivity index (χ0v) is 13.5. The molecule has 0 saturated heterocycles. The number of rotatable bonds is 4. The molecule has 0 aromatic heterocycles. The van der Waals surface area contributed by atoms with Gasteiger partial charge in [-0.25, -0.2) is 0 Å². The zero-order valence-electron chi connectivity index (χ0n) is 12.7. The normalized spacial score (nSPS) is 10.5. The maximum absolute atomic E-state index is 9.59. The maximum Gasteiger partial charge on any atom is 0.200 e. The molecule has 7 heteroatoms. The molecule has 0 fully saturated rings. The largest absolute Gasteiger partial charge is 0.504 e. The number of nitrogens with zero attached hydrogens (tertiary/aromatic N) is 1. The van der Waals surface area contributed by atoms with Crippen LogP contribution in [0.1, 0.15) is 11.1 Å². The van der Waals surface area contributed by atoms with Gasteiger partial charge in [-0.2, -0.15) is 5.10 Å². The van der Waals surface area contributed by atoms with Gasteiger partial charge >= 0.3 is 0 Å². The highest BCUT2D eigenvalue weighted by Crippen LogP contribution is 2.35. The summed E-state index contributed by atoms with van der Waals surface area (Å²) in [6.07, 6.45) is 1.45. The number of anilines is 1. The van der Waals surface area contributed by atoms with Gasteiger partial charge in [-0.05, 0) is 43.4 Å². The van der Waals surface area contributed by atoms with E-state index in [-0.39, 0.29) is 17.2 Å². The Morgan fingerprint density at radius 3 is 2.57 bits per heavy atom. The van der Waals surface area contributed by atoms with Crippen molar-refractivity contribution in [1.82, 2.24) is 5.43 Å². The van der Waals surface area contributed by atoms with E-state index in [4.69, 9.17) is 17.0 Å². The van der Waals surface area contributed by atoms with Gasteiger partial charge in [0, 0.05) is 11.3 Å². The predicted molar refractivity (Wildman–Crippen MR) is 94.5 cm³/mol. The van der Waals surface area contributed by atoms with Crippen LogP contribution in [0.4, 0.5) is 5.69 Å². The van der Waals surface area contributed by atoms with E-state index in [9.17, 15) is 10.2 Å². The van der Waals surface area contributed by atoms with Gasteiger partial charge in [0.1, 0.15) is 0 Å². The molecule has 2 aromatic carbocycles. The molecule has 2 aromatic rings. The van der Waals surface area contributed by atoms with Crippen LogP contribution in [0.2, 0.25) is 0 Å². The van der Waals surface area contributed by atoms with E-state index in [2.05, 4.69) is 15.8 Å². The number of hydrogen-bond acceptors (Lipinski definition) is 5. The molecule has 0 aliphatic carbocycles. The Kier molecular flexibility index (Phi) is 5.37. The van der Waals surface area contributed by atoms with E-state index in [0.29, 0.717) is 10.7 Å². The second kappa shape index (κ2) is 7.46. The number of phenols is 2. The molecule has 0 spiro atoms. The number of benzene rings is 2. The summed E-state index contributed by atoms with van der Waals surface area (Å²) in [5.41, 5.74) is 5.23. The van der Waals surface area contributed by atoms with Gasteiger partial charge in [-0.15, -0.1) is 0 Å². The third-order valence-corrected chi connectivity index (χ3v) is 3.18. The van der Waals surface area contributed by atoms with Crippen molar-refractivity contribution in [1.29, 1.82) is 0 Å². The van der Waals surface area contributed by atoms with Gasteiger partial charge in [0.25, 0.3) is 0 Å². The van der Waals surface area contributed by atoms with Crippen LogP contribution < -0.4 is 15.5 Å². The lowest BCUT2D eigenvalue weighted by Crippen LogP contribution is -2.23. The Morgan fingerprint density at radius 2 is 1.91 bits per heavy atom. The van der Waals surface area contributed by atoms with Gasteiger partial charge in [0.2, 0.25) is 5.75 Å². The Morgan fingerprint density at radius 1 is 1.22 bits per heavy atom. The molecule has 23 heavy (non-hydrogen) atoms. The summed E-state index contributed by atoms with van der Waals surface area (Å²) in [5, 5.41) is 26.4. The standard InChI is InChI=1S/C16H17N3O3S/c1-10-3-5-12(6-4-10)18-16(23)19-17-9-11-7-13(20)15(21)14(8-11)22-2/h3-9,20-21H,1-2H3,(H2,18,19,23)/b17-9+. The van der Waals surface area contributed by atoms with E-state index < -0.39 is 0 Å².